The molecule has 30 heavy (non-hydrogen) atoms. The second-order valence-electron chi connectivity index (χ2n) is 8.64. The van der Waals surface area contributed by atoms with Crippen LogP contribution in [0.3, 0.4) is 0 Å². The summed E-state index contributed by atoms with van der Waals surface area (Å²) in [6.07, 6.45) is 0.910. The maximum Gasteiger partial charge on any atom is 0.225 e. The molecule has 2 amide bonds. The van der Waals surface area contributed by atoms with Gasteiger partial charge in [0.2, 0.25) is 11.8 Å². The van der Waals surface area contributed by atoms with Gasteiger partial charge in [0.1, 0.15) is 11.6 Å². The number of rotatable bonds is 6. The Morgan fingerprint density at radius 2 is 1.93 bits per heavy atom. The molecule has 158 valence electrons. The molecule has 6 heteroatoms. The van der Waals surface area contributed by atoms with E-state index in [2.05, 4.69) is 5.32 Å². The molecule has 1 saturated heterocycles. The highest BCUT2D eigenvalue weighted by atomic mass is 19.1. The second-order valence-corrected chi connectivity index (χ2v) is 8.64. The number of nitrogens with one attached hydrogen (secondary N) is 1. The predicted octanol–water partition coefficient (Wildman–Crippen LogP) is 3.97. The normalized spacial score (nSPS) is 26.5. The van der Waals surface area contributed by atoms with E-state index in [0.717, 1.165) is 18.1 Å². The zero-order valence-electron chi connectivity index (χ0n) is 17.2. The Labute approximate surface area is 175 Å². The summed E-state index contributed by atoms with van der Waals surface area (Å²) in [5, 5.41) is 2.94. The Morgan fingerprint density at radius 3 is 2.57 bits per heavy atom. The largest absolute Gasteiger partial charge is 0.355 e. The molecule has 0 spiro atoms. The fourth-order valence-electron chi connectivity index (χ4n) is 4.68. The number of hydrogen-bond acceptors (Lipinski definition) is 2. The molecule has 2 aromatic carbocycles. The minimum atomic E-state index is -0.610. The van der Waals surface area contributed by atoms with Gasteiger partial charge >= 0.3 is 0 Å². The fraction of sp³-hybridized carbons (Fsp3) is 0.417. The van der Waals surface area contributed by atoms with Gasteiger partial charge in [0.05, 0.1) is 12.0 Å². The van der Waals surface area contributed by atoms with E-state index in [1.807, 2.05) is 44.2 Å². The Bertz CT molecular complexity index is 965. The van der Waals surface area contributed by atoms with Crippen LogP contribution in [0.1, 0.15) is 43.9 Å². The molecule has 4 unspecified atom stereocenters. The molecule has 4 nitrogen and oxygen atoms in total. The highest BCUT2D eigenvalue weighted by molar-refractivity contribution is 5.89. The van der Waals surface area contributed by atoms with Crippen LogP contribution in [-0.4, -0.2) is 29.8 Å². The standard InChI is InChI=1S/C24H26F2N2O2/c1-15-12-24(15,20-9-8-19(25)11-21(20)26)14-27-23(30)18-10-22(29)28(13-18)16(2)17-6-4-3-5-7-17/h3-9,11,15-16,18H,10,12-14H2,1-2H3,(H,27,30). The third-order valence-corrected chi connectivity index (χ3v) is 6.78. The van der Waals surface area contributed by atoms with Crippen molar-refractivity contribution in [2.45, 2.75) is 38.1 Å². The van der Waals surface area contributed by atoms with Gasteiger partial charge in [0, 0.05) is 31.0 Å². The summed E-state index contributed by atoms with van der Waals surface area (Å²) in [4.78, 5) is 27.1. The number of likely N-dealkylation sites (tertiary alicyclic amines) is 1. The van der Waals surface area contributed by atoms with Crippen molar-refractivity contribution >= 4 is 11.8 Å². The molecule has 1 saturated carbocycles. The number of carbonyl (C=O) groups is 2. The molecule has 4 atom stereocenters. The maximum atomic E-state index is 14.3. The lowest BCUT2D eigenvalue weighted by Gasteiger charge is -2.25. The molecule has 0 radical (unpaired) electrons. The monoisotopic (exact) mass is 412 g/mol. The van der Waals surface area contributed by atoms with Gasteiger partial charge in [-0.25, -0.2) is 8.78 Å². The molecular weight excluding hydrogens is 386 g/mol. The first-order valence-corrected chi connectivity index (χ1v) is 10.4. The summed E-state index contributed by atoms with van der Waals surface area (Å²) < 4.78 is 27.6. The van der Waals surface area contributed by atoms with Crippen molar-refractivity contribution in [1.29, 1.82) is 0 Å². The summed E-state index contributed by atoms with van der Waals surface area (Å²) in [6, 6.07) is 13.3. The number of hydrogen-bond donors (Lipinski definition) is 1. The van der Waals surface area contributed by atoms with Crippen molar-refractivity contribution in [3.63, 3.8) is 0 Å². The second kappa shape index (κ2) is 7.82. The van der Waals surface area contributed by atoms with Crippen LogP contribution < -0.4 is 5.32 Å². The summed E-state index contributed by atoms with van der Waals surface area (Å²) in [5.41, 5.74) is 0.968. The first kappa shape index (κ1) is 20.5. The smallest absolute Gasteiger partial charge is 0.225 e. The van der Waals surface area contributed by atoms with Crippen LogP contribution in [0.15, 0.2) is 48.5 Å². The van der Waals surface area contributed by atoms with E-state index < -0.39 is 23.0 Å². The predicted molar refractivity (Wildman–Crippen MR) is 110 cm³/mol. The number of benzene rings is 2. The molecule has 4 rings (SSSR count). The Balaban J connectivity index is 1.40. The number of halogens is 2. The van der Waals surface area contributed by atoms with E-state index >= 15 is 0 Å². The Kier molecular flexibility index (Phi) is 5.35. The SMILES string of the molecule is CC(c1ccccc1)N1CC(C(=O)NCC2(c3ccc(F)cc3F)CC2C)CC1=O. The summed E-state index contributed by atoms with van der Waals surface area (Å²) in [5.74, 6) is -1.64. The van der Waals surface area contributed by atoms with E-state index in [-0.39, 0.29) is 36.7 Å². The van der Waals surface area contributed by atoms with Crippen LogP contribution in [-0.2, 0) is 15.0 Å². The van der Waals surface area contributed by atoms with Crippen molar-refractivity contribution in [3.8, 4) is 0 Å². The van der Waals surface area contributed by atoms with E-state index in [9.17, 15) is 18.4 Å². The van der Waals surface area contributed by atoms with Crippen molar-refractivity contribution < 1.29 is 18.4 Å². The molecule has 1 heterocycles. The van der Waals surface area contributed by atoms with Crippen LogP contribution in [0, 0.1) is 23.5 Å². The highest BCUT2D eigenvalue weighted by Gasteiger charge is 2.54. The Hall–Kier alpha value is -2.76. The third kappa shape index (κ3) is 3.71. The molecule has 2 aromatic rings. The van der Waals surface area contributed by atoms with Crippen LogP contribution in [0.25, 0.3) is 0 Å². The molecule has 0 aromatic heterocycles. The van der Waals surface area contributed by atoms with Crippen molar-refractivity contribution in [3.05, 3.63) is 71.3 Å². The first-order chi connectivity index (χ1) is 14.3. The van der Waals surface area contributed by atoms with E-state index in [4.69, 9.17) is 0 Å². The summed E-state index contributed by atoms with van der Waals surface area (Å²) in [7, 11) is 0. The zero-order valence-corrected chi connectivity index (χ0v) is 17.2. The average molecular weight is 412 g/mol. The van der Waals surface area contributed by atoms with Gasteiger partial charge in [0.25, 0.3) is 0 Å². The summed E-state index contributed by atoms with van der Waals surface area (Å²) >= 11 is 0. The van der Waals surface area contributed by atoms with E-state index in [1.165, 1.54) is 12.1 Å². The van der Waals surface area contributed by atoms with Crippen LogP contribution in [0.5, 0.6) is 0 Å². The molecule has 2 aliphatic rings. The van der Waals surface area contributed by atoms with Gasteiger partial charge < -0.3 is 10.2 Å². The molecule has 1 aliphatic heterocycles. The van der Waals surface area contributed by atoms with Gasteiger partial charge in [-0.15, -0.1) is 0 Å². The summed E-state index contributed by atoms with van der Waals surface area (Å²) in [6.45, 7) is 4.62. The highest BCUT2D eigenvalue weighted by Crippen LogP contribution is 2.54. The quantitative estimate of drug-likeness (QED) is 0.781. The van der Waals surface area contributed by atoms with Gasteiger partial charge in [-0.3, -0.25) is 9.59 Å². The minimum Gasteiger partial charge on any atom is -0.355 e. The Morgan fingerprint density at radius 1 is 1.23 bits per heavy atom. The van der Waals surface area contributed by atoms with Crippen molar-refractivity contribution in [1.82, 2.24) is 10.2 Å². The van der Waals surface area contributed by atoms with Crippen LogP contribution in [0.2, 0.25) is 0 Å². The van der Waals surface area contributed by atoms with Crippen molar-refractivity contribution in [2.75, 3.05) is 13.1 Å². The molecule has 1 aliphatic carbocycles. The van der Waals surface area contributed by atoms with Crippen molar-refractivity contribution in [2.24, 2.45) is 11.8 Å². The fourth-order valence-corrected chi connectivity index (χ4v) is 4.68. The topological polar surface area (TPSA) is 49.4 Å². The van der Waals surface area contributed by atoms with Gasteiger partial charge in [0.15, 0.2) is 0 Å². The van der Waals surface area contributed by atoms with Gasteiger partial charge in [-0.2, -0.15) is 0 Å². The molecule has 1 N–H and O–H groups in total. The van der Waals surface area contributed by atoms with E-state index in [1.54, 1.807) is 4.90 Å². The first-order valence-electron chi connectivity index (χ1n) is 10.4. The van der Waals surface area contributed by atoms with Gasteiger partial charge in [-0.1, -0.05) is 43.3 Å². The molecular formula is C24H26F2N2O2. The number of amides is 2. The number of carbonyl (C=O) groups excluding carboxylic acids is 2. The van der Waals surface area contributed by atoms with Crippen LogP contribution in [0.4, 0.5) is 8.78 Å². The zero-order chi connectivity index (χ0) is 21.5. The minimum absolute atomic E-state index is 0.0365. The average Bonchev–Trinajstić information content (AvgIpc) is 3.21. The maximum absolute atomic E-state index is 14.3. The van der Waals surface area contributed by atoms with Crippen LogP contribution >= 0.6 is 0 Å². The number of nitrogens with zero attached hydrogens (tertiary/aromatic N) is 1. The molecule has 0 bridgehead atoms. The lowest BCUT2D eigenvalue weighted by molar-refractivity contribution is -0.130. The lowest BCUT2D eigenvalue weighted by atomic mass is 9.92. The third-order valence-electron chi connectivity index (χ3n) is 6.78. The molecule has 2 fully saturated rings. The van der Waals surface area contributed by atoms with E-state index in [0.29, 0.717) is 12.1 Å². The lowest BCUT2D eigenvalue weighted by Crippen LogP contribution is -2.38. The van der Waals surface area contributed by atoms with Gasteiger partial charge in [-0.05, 0) is 36.5 Å².